The highest BCUT2D eigenvalue weighted by molar-refractivity contribution is 5.65. The van der Waals surface area contributed by atoms with Crippen LogP contribution in [-0.2, 0) is 0 Å². The summed E-state index contributed by atoms with van der Waals surface area (Å²) in [5, 5.41) is 6.18. The number of alkyl halides is 3. The van der Waals surface area contributed by atoms with Crippen LogP contribution in [0.15, 0.2) is 73.2 Å². The molecule has 0 aliphatic carbocycles. The number of hydrogen-bond acceptors (Lipinski definition) is 6. The van der Waals surface area contributed by atoms with Crippen molar-refractivity contribution in [3.05, 3.63) is 78.9 Å². The Morgan fingerprint density at radius 3 is 2.24 bits per heavy atom. The van der Waals surface area contributed by atoms with Crippen molar-refractivity contribution < 1.29 is 22.6 Å². The molecule has 0 aliphatic heterocycles. The number of hydrogen-bond donors (Lipinski definition) is 2. The Hall–Kier alpha value is -4.21. The second-order valence-corrected chi connectivity index (χ2v) is 7.04. The molecule has 4 rings (SSSR count). The summed E-state index contributed by atoms with van der Waals surface area (Å²) in [6.45, 7) is 1.91. The lowest BCUT2D eigenvalue weighted by Gasteiger charge is -2.13. The molecular weight excluding hydrogens is 435 g/mol. The van der Waals surface area contributed by atoms with Gasteiger partial charge in [-0.3, -0.25) is 0 Å². The highest BCUT2D eigenvalue weighted by Crippen LogP contribution is 2.29. The molecule has 10 heteroatoms. The lowest BCUT2D eigenvalue weighted by molar-refractivity contribution is -0.274. The van der Waals surface area contributed by atoms with Gasteiger partial charge in [0.05, 0.1) is 24.8 Å². The Morgan fingerprint density at radius 1 is 0.909 bits per heavy atom. The van der Waals surface area contributed by atoms with Crippen LogP contribution >= 0.6 is 0 Å². The summed E-state index contributed by atoms with van der Waals surface area (Å²) < 4.78 is 48.7. The van der Waals surface area contributed by atoms with Crippen molar-refractivity contribution in [2.45, 2.75) is 13.3 Å². The molecule has 2 aromatic heterocycles. The van der Waals surface area contributed by atoms with E-state index >= 15 is 0 Å². The van der Waals surface area contributed by atoms with Gasteiger partial charge in [0.1, 0.15) is 23.1 Å². The number of pyridine rings is 1. The zero-order valence-corrected chi connectivity index (χ0v) is 17.7. The number of imidazole rings is 1. The van der Waals surface area contributed by atoms with Crippen LogP contribution < -0.4 is 20.1 Å². The number of anilines is 4. The highest BCUT2D eigenvalue weighted by atomic mass is 19.4. The number of benzene rings is 2. The maximum Gasteiger partial charge on any atom is 0.573 e. The lowest BCUT2D eigenvalue weighted by Crippen LogP contribution is -2.17. The molecule has 0 amide bonds. The van der Waals surface area contributed by atoms with Crippen molar-refractivity contribution in [2.24, 2.45) is 0 Å². The second-order valence-electron chi connectivity index (χ2n) is 7.04. The summed E-state index contributed by atoms with van der Waals surface area (Å²) in [6.07, 6.45) is -1.14. The molecule has 170 valence electrons. The van der Waals surface area contributed by atoms with Gasteiger partial charge < -0.3 is 24.7 Å². The van der Waals surface area contributed by atoms with Crippen LogP contribution in [0, 0.1) is 6.92 Å². The molecule has 0 unspecified atom stereocenters. The predicted octanol–water partition coefficient (Wildman–Crippen LogP) is 5.97. The first-order valence-corrected chi connectivity index (χ1v) is 9.85. The fourth-order valence-electron chi connectivity index (χ4n) is 3.16. The van der Waals surface area contributed by atoms with Crippen LogP contribution in [0.4, 0.5) is 36.2 Å². The summed E-state index contributed by atoms with van der Waals surface area (Å²) in [7, 11) is 1.59. The Kier molecular flexibility index (Phi) is 6.07. The molecule has 0 radical (unpaired) electrons. The number of rotatable bonds is 7. The van der Waals surface area contributed by atoms with Crippen molar-refractivity contribution in [3.8, 4) is 17.2 Å². The summed E-state index contributed by atoms with van der Waals surface area (Å²) in [4.78, 5) is 8.70. The zero-order chi connectivity index (χ0) is 23.4. The number of nitrogens with one attached hydrogen (secondary N) is 2. The average Bonchev–Trinajstić information content (AvgIpc) is 3.19. The van der Waals surface area contributed by atoms with Crippen LogP contribution in [0.3, 0.4) is 0 Å². The monoisotopic (exact) mass is 455 g/mol. The number of halogens is 3. The van der Waals surface area contributed by atoms with Gasteiger partial charge >= 0.3 is 6.36 Å². The maximum atomic E-state index is 12.5. The van der Waals surface area contributed by atoms with E-state index in [1.807, 2.05) is 35.9 Å². The molecule has 0 atom stereocenters. The van der Waals surface area contributed by atoms with Crippen LogP contribution in [0.25, 0.3) is 5.69 Å². The SMILES string of the molecule is COc1cc(Nc2cccc(Nc3cccc(OC(F)(F)F)c3)n2)ccc1-n1cnc(C)c1. The van der Waals surface area contributed by atoms with Gasteiger partial charge in [0, 0.05) is 29.7 Å². The van der Waals surface area contributed by atoms with Gasteiger partial charge in [-0.25, -0.2) is 9.97 Å². The highest BCUT2D eigenvalue weighted by Gasteiger charge is 2.31. The van der Waals surface area contributed by atoms with E-state index in [1.165, 1.54) is 18.2 Å². The fourth-order valence-corrected chi connectivity index (χ4v) is 3.16. The predicted molar refractivity (Wildman–Crippen MR) is 119 cm³/mol. The van der Waals surface area contributed by atoms with E-state index in [0.29, 0.717) is 23.1 Å². The molecule has 0 spiro atoms. The lowest BCUT2D eigenvalue weighted by atomic mass is 10.2. The number of ether oxygens (including phenoxy) is 2. The van der Waals surface area contributed by atoms with E-state index in [0.717, 1.165) is 17.1 Å². The molecule has 0 saturated carbocycles. The number of aryl methyl sites for hydroxylation is 1. The normalized spacial score (nSPS) is 11.2. The van der Waals surface area contributed by atoms with Gasteiger partial charge in [0.2, 0.25) is 0 Å². The minimum Gasteiger partial charge on any atom is -0.494 e. The number of nitrogens with zero attached hydrogens (tertiary/aromatic N) is 3. The molecule has 2 N–H and O–H groups in total. The van der Waals surface area contributed by atoms with Crippen LogP contribution in [0.5, 0.6) is 11.5 Å². The molecule has 2 heterocycles. The molecule has 0 bridgehead atoms. The van der Waals surface area contributed by atoms with E-state index in [9.17, 15) is 13.2 Å². The van der Waals surface area contributed by atoms with E-state index in [1.54, 1.807) is 37.7 Å². The Bertz CT molecular complexity index is 1260. The van der Waals surface area contributed by atoms with Crippen molar-refractivity contribution in [3.63, 3.8) is 0 Å². The molecule has 7 nitrogen and oxygen atoms in total. The van der Waals surface area contributed by atoms with Crippen molar-refractivity contribution >= 4 is 23.0 Å². The van der Waals surface area contributed by atoms with E-state index in [4.69, 9.17) is 4.74 Å². The largest absolute Gasteiger partial charge is 0.573 e. The summed E-state index contributed by atoms with van der Waals surface area (Å²) in [5.41, 5.74) is 2.89. The smallest absolute Gasteiger partial charge is 0.494 e. The first-order chi connectivity index (χ1) is 15.8. The molecule has 33 heavy (non-hydrogen) atoms. The quantitative estimate of drug-likeness (QED) is 0.358. The third-order valence-electron chi connectivity index (χ3n) is 4.53. The van der Waals surface area contributed by atoms with E-state index in [-0.39, 0.29) is 5.75 Å². The van der Waals surface area contributed by atoms with Gasteiger partial charge in [0.25, 0.3) is 0 Å². The molecule has 2 aromatic carbocycles. The summed E-state index contributed by atoms with van der Waals surface area (Å²) >= 11 is 0. The van der Waals surface area contributed by atoms with Gasteiger partial charge in [-0.05, 0) is 43.3 Å². The van der Waals surface area contributed by atoms with Crippen molar-refractivity contribution in [2.75, 3.05) is 17.7 Å². The van der Waals surface area contributed by atoms with Crippen molar-refractivity contribution in [1.29, 1.82) is 0 Å². The van der Waals surface area contributed by atoms with Crippen LogP contribution in [0.1, 0.15) is 5.69 Å². The average molecular weight is 455 g/mol. The first-order valence-electron chi connectivity index (χ1n) is 9.85. The van der Waals surface area contributed by atoms with E-state index < -0.39 is 6.36 Å². The Balaban J connectivity index is 1.50. The van der Waals surface area contributed by atoms with Crippen molar-refractivity contribution in [1.82, 2.24) is 14.5 Å². The van der Waals surface area contributed by atoms with Gasteiger partial charge in [-0.1, -0.05) is 12.1 Å². The van der Waals surface area contributed by atoms with Gasteiger partial charge in [0.15, 0.2) is 0 Å². The first kappa shape index (κ1) is 22.0. The third kappa shape index (κ3) is 5.73. The molecule has 4 aromatic rings. The minimum absolute atomic E-state index is 0.318. The minimum atomic E-state index is -4.76. The van der Waals surface area contributed by atoms with Gasteiger partial charge in [-0.2, -0.15) is 0 Å². The Morgan fingerprint density at radius 2 is 1.61 bits per heavy atom. The zero-order valence-electron chi connectivity index (χ0n) is 17.7. The fraction of sp³-hybridized carbons (Fsp3) is 0.130. The molecule has 0 aliphatic rings. The standard InChI is InChI=1S/C23H20F3N5O2/c1-15-13-31(14-27-15)19-10-9-17(12-20(19)32-2)29-22-8-4-7-21(30-22)28-16-5-3-6-18(11-16)33-23(24,25)26/h3-14H,1-2H3,(H2,28,29,30). The summed E-state index contributed by atoms with van der Waals surface area (Å²) in [5.74, 6) is 1.31. The maximum absolute atomic E-state index is 12.5. The Labute approximate surface area is 187 Å². The molecule has 0 fully saturated rings. The van der Waals surface area contributed by atoms with Gasteiger partial charge in [-0.15, -0.1) is 13.2 Å². The van der Waals surface area contributed by atoms with E-state index in [2.05, 4.69) is 25.3 Å². The summed E-state index contributed by atoms with van der Waals surface area (Å²) in [6, 6.07) is 16.4. The topological polar surface area (TPSA) is 73.2 Å². The second kappa shape index (κ2) is 9.11. The molecular formula is C23H20F3N5O2. The number of aromatic nitrogens is 3. The van der Waals surface area contributed by atoms with Crippen LogP contribution in [0.2, 0.25) is 0 Å². The third-order valence-corrected chi connectivity index (χ3v) is 4.53. The molecule has 0 saturated heterocycles. The number of methoxy groups -OCH3 is 1. The van der Waals surface area contributed by atoms with Crippen LogP contribution in [-0.4, -0.2) is 28.0 Å².